The molecule has 2 aliphatic rings. The van der Waals surface area contributed by atoms with Gasteiger partial charge in [0, 0.05) is 78.1 Å². The maximum atomic E-state index is 2.52. The van der Waals surface area contributed by atoms with Crippen LogP contribution in [0.25, 0.3) is 87.2 Å². The molecule has 0 aliphatic heterocycles. The molecule has 0 heterocycles. The fourth-order valence-corrected chi connectivity index (χ4v) is 17.8. The van der Waals surface area contributed by atoms with Crippen LogP contribution in [-0.4, -0.2) is 0 Å². The van der Waals surface area contributed by atoms with E-state index in [1.54, 1.807) is 0 Å². The number of nitrogens with zero attached hydrogens (tertiary/aromatic N) is 4. The van der Waals surface area contributed by atoms with E-state index in [4.69, 9.17) is 0 Å². The molecule has 0 saturated heterocycles. The predicted octanol–water partition coefficient (Wildman–Crippen LogP) is 29.0. The van der Waals surface area contributed by atoms with Crippen molar-refractivity contribution >= 4 is 122 Å². The molecule has 512 valence electrons. The lowest BCUT2D eigenvalue weighted by Crippen LogP contribution is -2.26. The number of rotatable bonds is 13. The van der Waals surface area contributed by atoms with Crippen LogP contribution in [0.15, 0.2) is 437 Å². The first kappa shape index (κ1) is 64.3. The first-order chi connectivity index (χ1) is 54.2. The third-order valence-electron chi connectivity index (χ3n) is 22.2. The largest absolute Gasteiger partial charge is 0.310 e. The minimum atomic E-state index is -0.551. The van der Waals surface area contributed by atoms with E-state index < -0.39 is 5.41 Å². The van der Waals surface area contributed by atoms with Crippen LogP contribution in [0.3, 0.4) is 0 Å². The fourth-order valence-electron chi connectivity index (χ4n) is 17.8. The van der Waals surface area contributed by atoms with Crippen molar-refractivity contribution in [3.63, 3.8) is 0 Å². The predicted molar refractivity (Wildman–Crippen MR) is 461 cm³/mol. The summed E-state index contributed by atoms with van der Waals surface area (Å²) < 4.78 is 0. The molecule has 0 unspecified atom stereocenters. The SMILES string of the molecule is c1ccc(N(c2ccccc2)c2c3ccccc3c(-c3c4ccccc4c(N(c4ccccc4)c4ccccc4)c4ccccc34)c3ccccc23)cc1.c1ccc(N(c2ccccc2)c2ccc3c(c2)C2(c4ccccc4-c4ccccc42)c2cc(N(c4ccccc4)c4ccccc4)c4ccccc4c2-3)cc1. The molecule has 21 rings (SSSR count). The quantitative estimate of drug-likeness (QED) is 0.107. The van der Waals surface area contributed by atoms with Crippen molar-refractivity contribution in [3.8, 4) is 33.4 Å². The molecule has 19 aromatic carbocycles. The number of hydrogen-bond acceptors (Lipinski definition) is 4. The summed E-state index contributed by atoms with van der Waals surface area (Å²) in [5.41, 5.74) is 26.0. The van der Waals surface area contributed by atoms with Gasteiger partial charge in [-0.15, -0.1) is 0 Å². The van der Waals surface area contributed by atoms with Gasteiger partial charge in [-0.3, -0.25) is 0 Å². The monoisotopic (exact) mass is 1390 g/mol. The van der Waals surface area contributed by atoms with Gasteiger partial charge in [-0.25, -0.2) is 0 Å². The number of para-hydroxylation sites is 8. The molecule has 0 fully saturated rings. The third kappa shape index (κ3) is 10.7. The summed E-state index contributed by atoms with van der Waals surface area (Å²) in [6.07, 6.45) is 0. The number of anilines is 12. The molecule has 4 heteroatoms. The smallest absolute Gasteiger partial charge is 0.0727 e. The van der Waals surface area contributed by atoms with Crippen molar-refractivity contribution in [2.24, 2.45) is 0 Å². The first-order valence-corrected chi connectivity index (χ1v) is 37.6. The van der Waals surface area contributed by atoms with E-state index in [9.17, 15) is 0 Å². The van der Waals surface area contributed by atoms with Crippen molar-refractivity contribution in [1.29, 1.82) is 0 Å². The Morgan fingerprint density at radius 1 is 0.147 bits per heavy atom. The van der Waals surface area contributed by atoms with Gasteiger partial charge >= 0.3 is 0 Å². The molecule has 0 saturated carbocycles. The highest BCUT2D eigenvalue weighted by atomic mass is 15.2. The topological polar surface area (TPSA) is 13.0 Å². The highest BCUT2D eigenvalue weighted by molar-refractivity contribution is 6.31. The van der Waals surface area contributed by atoms with Crippen molar-refractivity contribution < 1.29 is 0 Å². The van der Waals surface area contributed by atoms with E-state index in [-0.39, 0.29) is 0 Å². The van der Waals surface area contributed by atoms with E-state index in [2.05, 4.69) is 456 Å². The van der Waals surface area contributed by atoms with Crippen molar-refractivity contribution in [1.82, 2.24) is 0 Å². The average molecular weight is 1390 g/mol. The van der Waals surface area contributed by atoms with Gasteiger partial charge in [-0.2, -0.15) is 0 Å². The lowest BCUT2D eigenvalue weighted by molar-refractivity contribution is 0.794. The second-order valence-corrected chi connectivity index (χ2v) is 28.1. The molecule has 0 aromatic heterocycles. The Morgan fingerprint density at radius 2 is 0.404 bits per heavy atom. The average Bonchev–Trinajstić information content (AvgIpc) is 1.50. The van der Waals surface area contributed by atoms with Gasteiger partial charge in [-0.1, -0.05) is 322 Å². The molecule has 4 nitrogen and oxygen atoms in total. The Bertz CT molecular complexity index is 6070. The number of fused-ring (bicyclic) bond motifs is 16. The van der Waals surface area contributed by atoms with Gasteiger partial charge in [0.2, 0.25) is 0 Å². The standard InChI is InChI=1S/C53H36N2.C52H36N2/c1-5-19-37(20-6-1)54(38-21-7-2-8-22-38)41-33-34-46-49(35-41)53(47-31-17-15-27-42(47)43-28-16-18-32-48(43)53)50-36-51(44-29-13-14-30-45(44)52(46)50)55(39-23-9-3-10-24-39)40-25-11-4-12-26-40;1-5-21-37(22-6-1)53(38-23-7-2-8-24-38)51-45-33-17-13-29-41(45)49(42-30-14-18-34-46(42)51)50-43-31-15-19-35-47(43)52(48-36-20-16-32-44(48)50)54(39-25-9-3-10-26-39)40-27-11-4-12-28-40/h1-36H;1-36H. The zero-order chi connectivity index (χ0) is 72.2. The van der Waals surface area contributed by atoms with Gasteiger partial charge in [0.05, 0.1) is 22.5 Å². The zero-order valence-corrected chi connectivity index (χ0v) is 59.9. The van der Waals surface area contributed by atoms with E-state index >= 15 is 0 Å². The molecule has 2 aliphatic carbocycles. The summed E-state index contributed by atoms with van der Waals surface area (Å²) in [5.74, 6) is 0. The Morgan fingerprint density at radius 3 is 0.734 bits per heavy atom. The fraction of sp³-hybridized carbons (Fsp3) is 0.00952. The second kappa shape index (κ2) is 27.3. The van der Waals surface area contributed by atoms with Crippen molar-refractivity contribution in [3.05, 3.63) is 459 Å². The van der Waals surface area contributed by atoms with Crippen molar-refractivity contribution in [2.45, 2.75) is 5.41 Å². The third-order valence-corrected chi connectivity index (χ3v) is 22.2. The van der Waals surface area contributed by atoms with Gasteiger partial charge < -0.3 is 19.6 Å². The van der Waals surface area contributed by atoms with Gasteiger partial charge in [-0.05, 0) is 198 Å². The van der Waals surface area contributed by atoms with Crippen LogP contribution in [0.5, 0.6) is 0 Å². The Labute approximate surface area is 635 Å². The van der Waals surface area contributed by atoms with E-state index in [0.717, 1.165) is 56.9 Å². The zero-order valence-electron chi connectivity index (χ0n) is 59.9. The normalized spacial score (nSPS) is 12.1. The van der Waals surface area contributed by atoms with Crippen LogP contribution < -0.4 is 19.6 Å². The van der Waals surface area contributed by atoms with Gasteiger partial charge in [0.25, 0.3) is 0 Å². The highest BCUT2D eigenvalue weighted by Crippen LogP contribution is 2.66. The summed E-state index contributed by atoms with van der Waals surface area (Å²) in [5, 5.41) is 12.1. The van der Waals surface area contributed by atoms with Crippen LogP contribution in [0.2, 0.25) is 0 Å². The summed E-state index contributed by atoms with van der Waals surface area (Å²) in [4.78, 5) is 9.67. The molecule has 19 aromatic rings. The van der Waals surface area contributed by atoms with Crippen LogP contribution in [-0.2, 0) is 5.41 Å². The maximum absolute atomic E-state index is 2.52. The minimum absolute atomic E-state index is 0.551. The summed E-state index contributed by atoms with van der Waals surface area (Å²) in [6, 6.07) is 159. The molecule has 0 N–H and O–H groups in total. The lowest BCUT2D eigenvalue weighted by atomic mass is 9.70. The molecule has 0 amide bonds. The molecule has 0 bridgehead atoms. The maximum Gasteiger partial charge on any atom is 0.0727 e. The van der Waals surface area contributed by atoms with Gasteiger partial charge in [0.15, 0.2) is 0 Å². The summed E-state index contributed by atoms with van der Waals surface area (Å²) in [7, 11) is 0. The Kier molecular flexibility index (Phi) is 16.1. The van der Waals surface area contributed by atoms with Crippen LogP contribution in [0.1, 0.15) is 22.3 Å². The lowest BCUT2D eigenvalue weighted by Gasteiger charge is -2.33. The van der Waals surface area contributed by atoms with Gasteiger partial charge in [0.1, 0.15) is 0 Å². The van der Waals surface area contributed by atoms with Crippen molar-refractivity contribution in [2.75, 3.05) is 19.6 Å². The van der Waals surface area contributed by atoms with E-state index in [1.807, 2.05) is 0 Å². The van der Waals surface area contributed by atoms with Crippen LogP contribution >= 0.6 is 0 Å². The van der Waals surface area contributed by atoms with Crippen LogP contribution in [0.4, 0.5) is 68.2 Å². The minimum Gasteiger partial charge on any atom is -0.310 e. The molecular weight excluding hydrogens is 1320 g/mol. The second-order valence-electron chi connectivity index (χ2n) is 28.1. The highest BCUT2D eigenvalue weighted by Gasteiger charge is 2.53. The molecule has 0 radical (unpaired) electrons. The van der Waals surface area contributed by atoms with E-state index in [0.29, 0.717) is 0 Å². The molecule has 1 spiro atoms. The summed E-state index contributed by atoms with van der Waals surface area (Å²) in [6.45, 7) is 0. The number of hydrogen-bond donors (Lipinski definition) is 0. The number of benzene rings is 19. The molecular formula is C105H72N4. The Balaban J connectivity index is 0.000000143. The first-order valence-electron chi connectivity index (χ1n) is 37.6. The molecule has 0 atom stereocenters. The Hall–Kier alpha value is -14.3. The van der Waals surface area contributed by atoms with Crippen LogP contribution in [0, 0.1) is 0 Å². The summed E-state index contributed by atoms with van der Waals surface area (Å²) >= 11 is 0. The van der Waals surface area contributed by atoms with E-state index in [1.165, 1.54) is 121 Å². The molecule has 109 heavy (non-hydrogen) atoms.